The van der Waals surface area contributed by atoms with Crippen LogP contribution in [-0.4, -0.2) is 38.3 Å². The molecule has 1 aliphatic rings. The molecule has 29 heavy (non-hydrogen) atoms. The summed E-state index contributed by atoms with van der Waals surface area (Å²) >= 11 is 6.95. The van der Waals surface area contributed by atoms with E-state index in [1.54, 1.807) is 12.1 Å². The SMILES string of the molecule is CCOc1ccc(NC(=O)[C@H](C)C2CCN(S(=O)(=O)c3ccc(Cl)s3)CC2)cc1. The van der Waals surface area contributed by atoms with Gasteiger partial charge in [0.15, 0.2) is 0 Å². The Labute approximate surface area is 180 Å². The van der Waals surface area contributed by atoms with Gasteiger partial charge in [0.05, 0.1) is 10.9 Å². The van der Waals surface area contributed by atoms with Gasteiger partial charge in [-0.3, -0.25) is 4.79 Å². The number of amides is 1. The van der Waals surface area contributed by atoms with Crippen LogP contribution < -0.4 is 10.1 Å². The summed E-state index contributed by atoms with van der Waals surface area (Å²) in [6.45, 7) is 5.23. The molecule has 0 radical (unpaired) electrons. The van der Waals surface area contributed by atoms with Crippen molar-refractivity contribution in [2.75, 3.05) is 25.0 Å². The molecule has 0 unspecified atom stereocenters. The zero-order valence-electron chi connectivity index (χ0n) is 16.4. The molecule has 1 atom stereocenters. The van der Waals surface area contributed by atoms with Crippen LogP contribution in [0.2, 0.25) is 4.34 Å². The number of nitrogens with one attached hydrogen (secondary N) is 1. The summed E-state index contributed by atoms with van der Waals surface area (Å²) in [6, 6.07) is 10.4. The largest absolute Gasteiger partial charge is 0.494 e. The third kappa shape index (κ3) is 5.31. The number of carbonyl (C=O) groups is 1. The summed E-state index contributed by atoms with van der Waals surface area (Å²) in [5.41, 5.74) is 0.722. The van der Waals surface area contributed by atoms with Crippen molar-refractivity contribution in [1.82, 2.24) is 4.31 Å². The van der Waals surface area contributed by atoms with Crippen molar-refractivity contribution in [3.8, 4) is 5.75 Å². The van der Waals surface area contributed by atoms with Gasteiger partial charge in [-0.1, -0.05) is 18.5 Å². The second kappa shape index (κ2) is 9.47. The highest BCUT2D eigenvalue weighted by Gasteiger charge is 2.34. The van der Waals surface area contributed by atoms with E-state index in [4.69, 9.17) is 16.3 Å². The molecule has 2 aromatic rings. The number of hydrogen-bond donors (Lipinski definition) is 1. The smallest absolute Gasteiger partial charge is 0.252 e. The Morgan fingerprint density at radius 1 is 1.24 bits per heavy atom. The lowest BCUT2D eigenvalue weighted by Crippen LogP contribution is -2.41. The number of nitrogens with zero attached hydrogens (tertiary/aromatic N) is 1. The van der Waals surface area contributed by atoms with E-state index in [0.29, 0.717) is 36.9 Å². The molecule has 1 N–H and O–H groups in total. The van der Waals surface area contributed by atoms with Crippen LogP contribution in [0.4, 0.5) is 5.69 Å². The van der Waals surface area contributed by atoms with Crippen LogP contribution in [0.5, 0.6) is 5.75 Å². The minimum absolute atomic E-state index is 0.0551. The molecular weight excluding hydrogens is 432 g/mol. The molecule has 0 aliphatic carbocycles. The molecule has 1 aliphatic heterocycles. The number of ether oxygens (including phenoxy) is 1. The van der Waals surface area contributed by atoms with Crippen molar-refractivity contribution >= 4 is 44.6 Å². The highest BCUT2D eigenvalue weighted by Crippen LogP contribution is 2.32. The third-order valence-electron chi connectivity index (χ3n) is 5.19. The third-order valence-corrected chi connectivity index (χ3v) is 8.79. The number of benzene rings is 1. The van der Waals surface area contributed by atoms with E-state index in [0.717, 1.165) is 22.8 Å². The van der Waals surface area contributed by atoms with Gasteiger partial charge in [0.25, 0.3) is 10.0 Å². The van der Waals surface area contributed by atoms with Crippen molar-refractivity contribution in [3.05, 3.63) is 40.7 Å². The lowest BCUT2D eigenvalue weighted by Gasteiger charge is -2.33. The molecule has 2 heterocycles. The zero-order chi connectivity index (χ0) is 21.0. The first-order valence-corrected chi connectivity index (χ1v) is 12.2. The Kier molecular flexibility index (Phi) is 7.21. The van der Waals surface area contributed by atoms with E-state index in [1.165, 1.54) is 4.31 Å². The molecule has 158 valence electrons. The first-order valence-electron chi connectivity index (χ1n) is 9.60. The molecule has 3 rings (SSSR count). The number of halogens is 1. The molecule has 1 aromatic carbocycles. The zero-order valence-corrected chi connectivity index (χ0v) is 18.8. The quantitative estimate of drug-likeness (QED) is 0.666. The predicted molar refractivity (Wildman–Crippen MR) is 116 cm³/mol. The van der Waals surface area contributed by atoms with Gasteiger partial charge in [0.2, 0.25) is 5.91 Å². The van der Waals surface area contributed by atoms with Gasteiger partial charge in [0.1, 0.15) is 9.96 Å². The van der Waals surface area contributed by atoms with Crippen LogP contribution in [-0.2, 0) is 14.8 Å². The molecule has 0 spiro atoms. The first-order chi connectivity index (χ1) is 13.8. The van der Waals surface area contributed by atoms with Crippen LogP contribution in [0.1, 0.15) is 26.7 Å². The van der Waals surface area contributed by atoms with Gasteiger partial charge in [-0.2, -0.15) is 4.31 Å². The summed E-state index contributed by atoms with van der Waals surface area (Å²) in [5, 5.41) is 2.94. The van der Waals surface area contributed by atoms with Crippen molar-refractivity contribution in [2.45, 2.75) is 30.9 Å². The van der Waals surface area contributed by atoms with Crippen LogP contribution >= 0.6 is 22.9 Å². The summed E-state index contributed by atoms with van der Waals surface area (Å²) in [6.07, 6.45) is 1.30. The Bertz CT molecular complexity index is 936. The molecule has 1 amide bonds. The number of thiophene rings is 1. The second-order valence-electron chi connectivity index (χ2n) is 7.04. The standard InChI is InChI=1S/C20H25ClN2O4S2/c1-3-27-17-6-4-16(5-7-17)22-20(24)14(2)15-10-12-23(13-11-15)29(25,26)19-9-8-18(21)28-19/h4-9,14-15H,3,10-13H2,1-2H3,(H,22,24)/t14-/m1/s1. The van der Waals surface area contributed by atoms with E-state index >= 15 is 0 Å². The summed E-state index contributed by atoms with van der Waals surface area (Å²) in [5.74, 6) is 0.637. The van der Waals surface area contributed by atoms with Crippen LogP contribution in [0.3, 0.4) is 0 Å². The summed E-state index contributed by atoms with van der Waals surface area (Å²) in [7, 11) is -3.51. The average molecular weight is 457 g/mol. The monoisotopic (exact) mass is 456 g/mol. The van der Waals surface area contributed by atoms with Gasteiger partial charge in [-0.15, -0.1) is 11.3 Å². The number of sulfonamides is 1. The number of anilines is 1. The first kappa shape index (κ1) is 22.1. The molecule has 0 bridgehead atoms. The van der Waals surface area contributed by atoms with E-state index in [9.17, 15) is 13.2 Å². The molecule has 1 saturated heterocycles. The molecule has 1 fully saturated rings. The van der Waals surface area contributed by atoms with E-state index in [-0.39, 0.29) is 22.0 Å². The Hall–Kier alpha value is -1.61. The summed E-state index contributed by atoms with van der Waals surface area (Å²) < 4.78 is 33.0. The van der Waals surface area contributed by atoms with Crippen LogP contribution in [0, 0.1) is 11.8 Å². The lowest BCUT2D eigenvalue weighted by atomic mass is 9.85. The van der Waals surface area contributed by atoms with Gasteiger partial charge < -0.3 is 10.1 Å². The number of rotatable bonds is 7. The van der Waals surface area contributed by atoms with Crippen LogP contribution in [0.15, 0.2) is 40.6 Å². The predicted octanol–water partition coefficient (Wildman–Crippen LogP) is 4.48. The topological polar surface area (TPSA) is 75.7 Å². The number of carbonyl (C=O) groups excluding carboxylic acids is 1. The number of piperidine rings is 1. The van der Waals surface area contributed by atoms with Gasteiger partial charge in [0, 0.05) is 24.7 Å². The lowest BCUT2D eigenvalue weighted by molar-refractivity contribution is -0.121. The average Bonchev–Trinajstić information content (AvgIpc) is 3.16. The molecule has 0 saturated carbocycles. The maximum Gasteiger partial charge on any atom is 0.252 e. The Morgan fingerprint density at radius 3 is 2.45 bits per heavy atom. The fourth-order valence-electron chi connectivity index (χ4n) is 3.45. The van der Waals surface area contributed by atoms with Crippen LogP contribution in [0.25, 0.3) is 0 Å². The fraction of sp³-hybridized carbons (Fsp3) is 0.450. The van der Waals surface area contributed by atoms with E-state index in [1.807, 2.05) is 38.1 Å². The number of hydrogen-bond acceptors (Lipinski definition) is 5. The minimum atomic E-state index is -3.51. The normalized spacial score (nSPS) is 17.1. The minimum Gasteiger partial charge on any atom is -0.494 e. The highest BCUT2D eigenvalue weighted by molar-refractivity contribution is 7.91. The second-order valence-corrected chi connectivity index (χ2v) is 10.9. The van der Waals surface area contributed by atoms with Crippen molar-refractivity contribution < 1.29 is 17.9 Å². The van der Waals surface area contributed by atoms with Gasteiger partial charge in [-0.05, 0) is 62.1 Å². The van der Waals surface area contributed by atoms with Crippen molar-refractivity contribution in [1.29, 1.82) is 0 Å². The molecule has 9 heteroatoms. The Balaban J connectivity index is 1.55. The molecule has 6 nitrogen and oxygen atoms in total. The molecular formula is C20H25ClN2O4S2. The fourth-order valence-corrected chi connectivity index (χ4v) is 6.56. The maximum absolute atomic E-state index is 12.7. The maximum atomic E-state index is 12.7. The molecule has 1 aromatic heterocycles. The van der Waals surface area contributed by atoms with Gasteiger partial charge in [-0.25, -0.2) is 8.42 Å². The van der Waals surface area contributed by atoms with E-state index in [2.05, 4.69) is 5.32 Å². The van der Waals surface area contributed by atoms with Crippen molar-refractivity contribution in [3.63, 3.8) is 0 Å². The van der Waals surface area contributed by atoms with E-state index < -0.39 is 10.0 Å². The van der Waals surface area contributed by atoms with Gasteiger partial charge >= 0.3 is 0 Å². The van der Waals surface area contributed by atoms with Crippen molar-refractivity contribution in [2.24, 2.45) is 11.8 Å². The Morgan fingerprint density at radius 2 is 1.90 bits per heavy atom. The highest BCUT2D eigenvalue weighted by atomic mass is 35.5. The summed E-state index contributed by atoms with van der Waals surface area (Å²) in [4.78, 5) is 12.6.